The molecule has 8 heteroatoms. The Hall–Kier alpha value is -3.68. The summed E-state index contributed by atoms with van der Waals surface area (Å²) in [5.74, 6) is -0.897. The number of rotatable bonds is 6. The monoisotopic (exact) mass is 490 g/mol. The topological polar surface area (TPSA) is 108 Å². The molecule has 8 nitrogen and oxygen atoms in total. The molecule has 1 aliphatic heterocycles. The fourth-order valence-corrected chi connectivity index (χ4v) is 5.17. The zero-order chi connectivity index (χ0) is 25.9. The van der Waals surface area contributed by atoms with Crippen LogP contribution in [0, 0.1) is 11.3 Å². The van der Waals surface area contributed by atoms with Crippen molar-refractivity contribution in [2.75, 3.05) is 11.9 Å². The Morgan fingerprint density at radius 2 is 1.58 bits per heavy atom. The van der Waals surface area contributed by atoms with Crippen LogP contribution in [0.15, 0.2) is 60.7 Å². The number of imide groups is 1. The summed E-state index contributed by atoms with van der Waals surface area (Å²) in [4.78, 5) is 53.1. The van der Waals surface area contributed by atoms with Crippen LogP contribution in [0.25, 0.3) is 0 Å². The molecule has 5 amide bonds. The average Bonchev–Trinajstić information content (AvgIpc) is 3.07. The van der Waals surface area contributed by atoms with Gasteiger partial charge in [-0.1, -0.05) is 69.3 Å². The molecule has 4 rings (SSSR count). The quantitative estimate of drug-likeness (QED) is 0.532. The summed E-state index contributed by atoms with van der Waals surface area (Å²) in [5, 5.41) is 8.39. The van der Waals surface area contributed by atoms with Crippen molar-refractivity contribution in [1.82, 2.24) is 15.5 Å². The molecule has 1 atom stereocenters. The van der Waals surface area contributed by atoms with Gasteiger partial charge in [0, 0.05) is 5.69 Å². The van der Waals surface area contributed by atoms with Crippen molar-refractivity contribution < 1.29 is 19.2 Å². The van der Waals surface area contributed by atoms with Gasteiger partial charge in [-0.25, -0.2) is 4.79 Å². The highest BCUT2D eigenvalue weighted by molar-refractivity contribution is 6.09. The number of carbonyl (C=O) groups excluding carboxylic acids is 4. The Balaban J connectivity index is 1.44. The second-order valence-corrected chi connectivity index (χ2v) is 10.8. The second kappa shape index (κ2) is 10.1. The molecule has 190 valence electrons. The summed E-state index contributed by atoms with van der Waals surface area (Å²) in [6, 6.07) is 16.3. The third-order valence-corrected chi connectivity index (χ3v) is 7.35. The van der Waals surface area contributed by atoms with Crippen LogP contribution in [0.3, 0.4) is 0 Å². The third kappa shape index (κ3) is 5.42. The number of benzene rings is 2. The lowest BCUT2D eigenvalue weighted by atomic mass is 9.67. The Morgan fingerprint density at radius 1 is 1.00 bits per heavy atom. The van der Waals surface area contributed by atoms with Crippen molar-refractivity contribution in [1.29, 1.82) is 0 Å². The first-order chi connectivity index (χ1) is 17.1. The number of hydrogen-bond donors (Lipinski definition) is 3. The highest BCUT2D eigenvalue weighted by Gasteiger charge is 2.53. The van der Waals surface area contributed by atoms with E-state index < -0.39 is 36.0 Å². The van der Waals surface area contributed by atoms with Crippen LogP contribution in [0.2, 0.25) is 0 Å². The number of anilines is 1. The molecule has 1 heterocycles. The van der Waals surface area contributed by atoms with E-state index >= 15 is 0 Å². The van der Waals surface area contributed by atoms with Gasteiger partial charge in [0.25, 0.3) is 11.8 Å². The number of urea groups is 1. The average molecular weight is 491 g/mol. The lowest BCUT2D eigenvalue weighted by Gasteiger charge is -2.40. The van der Waals surface area contributed by atoms with E-state index in [1.54, 1.807) is 48.5 Å². The van der Waals surface area contributed by atoms with Crippen LogP contribution < -0.4 is 16.0 Å². The van der Waals surface area contributed by atoms with Crippen molar-refractivity contribution in [3.63, 3.8) is 0 Å². The van der Waals surface area contributed by atoms with E-state index in [0.29, 0.717) is 30.0 Å². The molecule has 1 saturated carbocycles. The maximum atomic E-state index is 13.3. The van der Waals surface area contributed by atoms with Crippen LogP contribution in [-0.2, 0) is 14.4 Å². The minimum absolute atomic E-state index is 0.139. The molecule has 2 aromatic carbocycles. The molecule has 2 fully saturated rings. The largest absolute Gasteiger partial charge is 0.339 e. The smallest absolute Gasteiger partial charge is 0.325 e. The lowest BCUT2D eigenvalue weighted by Crippen LogP contribution is -2.51. The van der Waals surface area contributed by atoms with E-state index in [0.717, 1.165) is 17.7 Å². The molecular weight excluding hydrogens is 456 g/mol. The van der Waals surface area contributed by atoms with Gasteiger partial charge in [0.2, 0.25) is 5.91 Å². The predicted molar refractivity (Wildman–Crippen MR) is 137 cm³/mol. The molecule has 3 N–H and O–H groups in total. The summed E-state index contributed by atoms with van der Waals surface area (Å²) < 4.78 is 0. The molecule has 36 heavy (non-hydrogen) atoms. The predicted octanol–water partition coefficient (Wildman–Crippen LogP) is 4.01. The first-order valence-corrected chi connectivity index (χ1v) is 12.4. The first kappa shape index (κ1) is 25.4. The number of nitrogens with zero attached hydrogens (tertiary/aromatic N) is 1. The zero-order valence-corrected chi connectivity index (χ0v) is 21.0. The van der Waals surface area contributed by atoms with Crippen LogP contribution in [0.4, 0.5) is 10.5 Å². The molecule has 1 aliphatic carbocycles. The molecule has 2 aliphatic rings. The fourth-order valence-electron chi connectivity index (χ4n) is 5.17. The molecular formula is C28H34N4O4. The summed E-state index contributed by atoms with van der Waals surface area (Å²) >= 11 is 0. The number of amides is 5. The van der Waals surface area contributed by atoms with Gasteiger partial charge in [-0.3, -0.25) is 19.3 Å². The number of para-hydroxylation sites is 1. The van der Waals surface area contributed by atoms with E-state index in [2.05, 4.69) is 36.7 Å². The van der Waals surface area contributed by atoms with Gasteiger partial charge in [-0.15, -0.1) is 0 Å². The molecule has 0 radical (unpaired) electrons. The standard InChI is InChI=1S/C28H34N4O4/c1-27(2,3)20-14-16-28(17-15-20)25(35)32(26(36)31-28)18-22(33)30-23(19-10-6-4-7-11-19)24(34)29-21-12-8-5-9-13-21/h4-13,20,23H,14-18H2,1-3H3,(H,29,34)(H,30,33)(H,31,36). The summed E-state index contributed by atoms with van der Waals surface area (Å²) in [7, 11) is 0. The summed E-state index contributed by atoms with van der Waals surface area (Å²) in [6.07, 6.45) is 2.80. The zero-order valence-electron chi connectivity index (χ0n) is 21.0. The van der Waals surface area contributed by atoms with Gasteiger partial charge in [-0.2, -0.15) is 0 Å². The second-order valence-electron chi connectivity index (χ2n) is 10.8. The van der Waals surface area contributed by atoms with E-state index in [4.69, 9.17) is 0 Å². The number of nitrogens with one attached hydrogen (secondary N) is 3. The van der Waals surface area contributed by atoms with E-state index in [9.17, 15) is 19.2 Å². The molecule has 0 bridgehead atoms. The Kier molecular flexibility index (Phi) is 7.15. The van der Waals surface area contributed by atoms with Gasteiger partial charge in [0.05, 0.1) is 0 Å². The Morgan fingerprint density at radius 3 is 2.17 bits per heavy atom. The lowest BCUT2D eigenvalue weighted by molar-refractivity contribution is -0.136. The molecule has 0 aromatic heterocycles. The minimum atomic E-state index is -0.990. The van der Waals surface area contributed by atoms with E-state index in [-0.39, 0.29) is 11.3 Å². The summed E-state index contributed by atoms with van der Waals surface area (Å²) in [5.41, 5.74) is 0.385. The summed E-state index contributed by atoms with van der Waals surface area (Å²) in [6.45, 7) is 6.13. The van der Waals surface area contributed by atoms with Gasteiger partial charge >= 0.3 is 6.03 Å². The van der Waals surface area contributed by atoms with Gasteiger partial charge < -0.3 is 16.0 Å². The van der Waals surface area contributed by atoms with Crippen LogP contribution in [0.5, 0.6) is 0 Å². The van der Waals surface area contributed by atoms with Crippen LogP contribution in [0.1, 0.15) is 58.1 Å². The normalized spacial score (nSPS) is 22.8. The fraction of sp³-hybridized carbons (Fsp3) is 0.429. The highest BCUT2D eigenvalue weighted by Crippen LogP contribution is 2.43. The van der Waals surface area contributed by atoms with Crippen LogP contribution in [-0.4, -0.2) is 40.7 Å². The SMILES string of the molecule is CC(C)(C)C1CCC2(CC1)NC(=O)N(CC(=O)NC(C(=O)Nc1ccccc1)c1ccccc1)C2=O. The van der Waals surface area contributed by atoms with E-state index in [1.807, 2.05) is 12.1 Å². The van der Waals surface area contributed by atoms with Crippen molar-refractivity contribution in [2.24, 2.45) is 11.3 Å². The van der Waals surface area contributed by atoms with Gasteiger partial charge in [-0.05, 0) is 54.7 Å². The third-order valence-electron chi connectivity index (χ3n) is 7.35. The maximum Gasteiger partial charge on any atom is 0.325 e. The molecule has 2 aromatic rings. The molecule has 1 unspecified atom stereocenters. The van der Waals surface area contributed by atoms with Crippen molar-refractivity contribution in [3.8, 4) is 0 Å². The van der Waals surface area contributed by atoms with Crippen LogP contribution >= 0.6 is 0 Å². The number of carbonyl (C=O) groups is 4. The minimum Gasteiger partial charge on any atom is -0.339 e. The van der Waals surface area contributed by atoms with Gasteiger partial charge in [0.1, 0.15) is 18.1 Å². The Bertz CT molecular complexity index is 1120. The highest BCUT2D eigenvalue weighted by atomic mass is 16.2. The molecule has 1 spiro atoms. The van der Waals surface area contributed by atoms with Crippen molar-refractivity contribution in [3.05, 3.63) is 66.2 Å². The number of hydrogen-bond acceptors (Lipinski definition) is 4. The maximum absolute atomic E-state index is 13.3. The Labute approximate surface area is 211 Å². The van der Waals surface area contributed by atoms with E-state index in [1.165, 1.54) is 0 Å². The molecule has 1 saturated heterocycles. The van der Waals surface area contributed by atoms with Crippen molar-refractivity contribution in [2.45, 2.75) is 58.0 Å². The van der Waals surface area contributed by atoms with Gasteiger partial charge in [0.15, 0.2) is 0 Å². The van der Waals surface area contributed by atoms with Crippen molar-refractivity contribution >= 4 is 29.4 Å². The first-order valence-electron chi connectivity index (χ1n) is 12.4.